The van der Waals surface area contributed by atoms with Gasteiger partial charge in [0.25, 0.3) is 0 Å². The van der Waals surface area contributed by atoms with E-state index in [0.29, 0.717) is 6.04 Å². The van der Waals surface area contributed by atoms with E-state index in [-0.39, 0.29) is 0 Å². The zero-order valence-corrected chi connectivity index (χ0v) is 10.0. The molecule has 0 radical (unpaired) electrons. The van der Waals surface area contributed by atoms with E-state index < -0.39 is 0 Å². The Labute approximate surface area is 93.2 Å². The Morgan fingerprint density at radius 1 is 1.40 bits per heavy atom. The Bertz CT molecular complexity index is 198. The van der Waals surface area contributed by atoms with Crippen LogP contribution in [0.5, 0.6) is 0 Å². The molecule has 15 heavy (non-hydrogen) atoms. The molecule has 0 bridgehead atoms. The van der Waals surface area contributed by atoms with Gasteiger partial charge in [0, 0.05) is 19.7 Å². The average Bonchev–Trinajstić information content (AvgIpc) is 2.85. The summed E-state index contributed by atoms with van der Waals surface area (Å²) >= 11 is 0. The highest BCUT2D eigenvalue weighted by Crippen LogP contribution is 2.30. The molecule has 2 heterocycles. The Morgan fingerprint density at radius 2 is 2.27 bits per heavy atom. The van der Waals surface area contributed by atoms with E-state index in [4.69, 9.17) is 4.74 Å². The first-order valence-corrected chi connectivity index (χ1v) is 6.28. The molecule has 0 aromatic carbocycles. The number of nitrogens with zero attached hydrogens (tertiary/aromatic N) is 1. The van der Waals surface area contributed by atoms with Gasteiger partial charge >= 0.3 is 0 Å². The minimum absolute atomic E-state index is 0.607. The van der Waals surface area contributed by atoms with Crippen molar-refractivity contribution in [3.8, 4) is 0 Å². The van der Waals surface area contributed by atoms with Gasteiger partial charge in [0.2, 0.25) is 0 Å². The lowest BCUT2D eigenvalue weighted by molar-refractivity contribution is 0.170. The number of methoxy groups -OCH3 is 1. The number of hydrogen-bond acceptors (Lipinski definition) is 3. The van der Waals surface area contributed by atoms with Crippen molar-refractivity contribution in [2.75, 3.05) is 39.9 Å². The SMILES string of the molecule is CCN1CCC(C2CNC(COC)C2)C1. The Morgan fingerprint density at radius 3 is 2.93 bits per heavy atom. The van der Waals surface area contributed by atoms with Crippen molar-refractivity contribution in [3.05, 3.63) is 0 Å². The second-order valence-electron chi connectivity index (χ2n) is 5.00. The standard InChI is InChI=1S/C12H24N2O/c1-3-14-5-4-10(8-14)11-6-12(9-15-2)13-7-11/h10-13H,3-9H2,1-2H3. The van der Waals surface area contributed by atoms with E-state index in [1.807, 2.05) is 0 Å². The van der Waals surface area contributed by atoms with Crippen molar-refractivity contribution in [3.63, 3.8) is 0 Å². The molecule has 0 aliphatic carbocycles. The van der Waals surface area contributed by atoms with Crippen LogP contribution >= 0.6 is 0 Å². The highest BCUT2D eigenvalue weighted by molar-refractivity contribution is 4.89. The van der Waals surface area contributed by atoms with Crippen LogP contribution in [0.15, 0.2) is 0 Å². The molecule has 0 amide bonds. The molecule has 3 heteroatoms. The Hall–Kier alpha value is -0.120. The molecule has 0 saturated carbocycles. The third kappa shape index (κ3) is 2.71. The first kappa shape index (κ1) is 11.4. The van der Waals surface area contributed by atoms with Crippen LogP contribution in [0.1, 0.15) is 19.8 Å². The summed E-state index contributed by atoms with van der Waals surface area (Å²) in [5.41, 5.74) is 0. The maximum Gasteiger partial charge on any atom is 0.0615 e. The van der Waals surface area contributed by atoms with E-state index in [1.165, 1.54) is 39.0 Å². The lowest BCUT2D eigenvalue weighted by Crippen LogP contribution is -2.26. The lowest BCUT2D eigenvalue weighted by atomic mass is 9.89. The molecule has 3 nitrogen and oxygen atoms in total. The van der Waals surface area contributed by atoms with Crippen molar-refractivity contribution in [1.29, 1.82) is 0 Å². The van der Waals surface area contributed by atoms with Crippen LogP contribution in [0.25, 0.3) is 0 Å². The molecule has 2 aliphatic heterocycles. The third-order valence-electron chi connectivity index (χ3n) is 4.05. The fraction of sp³-hybridized carbons (Fsp3) is 1.00. The minimum atomic E-state index is 0.607. The minimum Gasteiger partial charge on any atom is -0.383 e. The number of ether oxygens (including phenoxy) is 1. The average molecular weight is 212 g/mol. The van der Waals surface area contributed by atoms with Crippen LogP contribution in [-0.4, -0.2) is 50.8 Å². The predicted molar refractivity (Wildman–Crippen MR) is 62.0 cm³/mol. The van der Waals surface area contributed by atoms with Gasteiger partial charge in [-0.1, -0.05) is 6.92 Å². The van der Waals surface area contributed by atoms with Gasteiger partial charge < -0.3 is 15.0 Å². The molecular weight excluding hydrogens is 188 g/mol. The van der Waals surface area contributed by atoms with Gasteiger partial charge in [-0.25, -0.2) is 0 Å². The molecule has 0 spiro atoms. The summed E-state index contributed by atoms with van der Waals surface area (Å²) in [5.74, 6) is 1.82. The molecule has 2 saturated heterocycles. The summed E-state index contributed by atoms with van der Waals surface area (Å²) in [6, 6.07) is 0.607. The second kappa shape index (κ2) is 5.28. The fourth-order valence-electron chi connectivity index (χ4n) is 3.07. The molecule has 88 valence electrons. The molecular formula is C12H24N2O. The number of rotatable bonds is 4. The van der Waals surface area contributed by atoms with E-state index in [0.717, 1.165) is 18.4 Å². The van der Waals surface area contributed by atoms with Crippen LogP contribution in [0, 0.1) is 11.8 Å². The van der Waals surface area contributed by atoms with Crippen molar-refractivity contribution in [1.82, 2.24) is 10.2 Å². The Kier molecular flexibility index (Phi) is 4.00. The smallest absolute Gasteiger partial charge is 0.0615 e. The van der Waals surface area contributed by atoms with Crippen molar-refractivity contribution in [2.24, 2.45) is 11.8 Å². The molecule has 0 aromatic rings. The van der Waals surface area contributed by atoms with Crippen LogP contribution in [0.2, 0.25) is 0 Å². The summed E-state index contributed by atoms with van der Waals surface area (Å²) in [7, 11) is 1.80. The van der Waals surface area contributed by atoms with Crippen LogP contribution in [-0.2, 0) is 4.74 Å². The van der Waals surface area contributed by atoms with Crippen molar-refractivity contribution in [2.45, 2.75) is 25.8 Å². The fourth-order valence-corrected chi connectivity index (χ4v) is 3.07. The molecule has 0 aromatic heterocycles. The summed E-state index contributed by atoms with van der Waals surface area (Å²) in [6.45, 7) is 8.20. The number of likely N-dealkylation sites (tertiary alicyclic amines) is 1. The van der Waals surface area contributed by atoms with E-state index >= 15 is 0 Å². The molecule has 2 rings (SSSR count). The quantitative estimate of drug-likeness (QED) is 0.751. The predicted octanol–water partition coefficient (Wildman–Crippen LogP) is 0.953. The van der Waals surface area contributed by atoms with Crippen molar-refractivity contribution < 1.29 is 4.74 Å². The normalized spacial score (nSPS) is 37.6. The van der Waals surface area contributed by atoms with Gasteiger partial charge in [0.1, 0.15) is 0 Å². The summed E-state index contributed by atoms with van der Waals surface area (Å²) in [6.07, 6.45) is 2.72. The van der Waals surface area contributed by atoms with Gasteiger partial charge in [-0.05, 0) is 44.3 Å². The second-order valence-corrected chi connectivity index (χ2v) is 5.00. The van der Waals surface area contributed by atoms with Crippen LogP contribution in [0.4, 0.5) is 0 Å². The van der Waals surface area contributed by atoms with Gasteiger partial charge in [-0.2, -0.15) is 0 Å². The third-order valence-corrected chi connectivity index (χ3v) is 4.05. The van der Waals surface area contributed by atoms with E-state index in [2.05, 4.69) is 17.1 Å². The zero-order valence-electron chi connectivity index (χ0n) is 10.0. The topological polar surface area (TPSA) is 24.5 Å². The van der Waals surface area contributed by atoms with Gasteiger partial charge in [0.15, 0.2) is 0 Å². The van der Waals surface area contributed by atoms with Gasteiger partial charge in [-0.3, -0.25) is 0 Å². The lowest BCUT2D eigenvalue weighted by Gasteiger charge is -2.18. The maximum absolute atomic E-state index is 5.21. The van der Waals surface area contributed by atoms with E-state index in [1.54, 1.807) is 7.11 Å². The summed E-state index contributed by atoms with van der Waals surface area (Å²) in [4.78, 5) is 2.58. The largest absolute Gasteiger partial charge is 0.383 e. The van der Waals surface area contributed by atoms with Gasteiger partial charge in [-0.15, -0.1) is 0 Å². The number of nitrogens with one attached hydrogen (secondary N) is 1. The molecule has 3 atom stereocenters. The van der Waals surface area contributed by atoms with Crippen molar-refractivity contribution >= 4 is 0 Å². The molecule has 3 unspecified atom stereocenters. The van der Waals surface area contributed by atoms with E-state index in [9.17, 15) is 0 Å². The number of hydrogen-bond donors (Lipinski definition) is 1. The van der Waals surface area contributed by atoms with Crippen LogP contribution < -0.4 is 5.32 Å². The Balaban J connectivity index is 1.76. The maximum atomic E-state index is 5.21. The molecule has 2 fully saturated rings. The first-order valence-electron chi connectivity index (χ1n) is 6.28. The van der Waals surface area contributed by atoms with Crippen LogP contribution in [0.3, 0.4) is 0 Å². The summed E-state index contributed by atoms with van der Waals surface area (Å²) < 4.78 is 5.21. The zero-order chi connectivity index (χ0) is 10.7. The molecule has 1 N–H and O–H groups in total. The highest BCUT2D eigenvalue weighted by Gasteiger charge is 2.33. The monoisotopic (exact) mass is 212 g/mol. The first-order chi connectivity index (χ1) is 7.33. The highest BCUT2D eigenvalue weighted by atomic mass is 16.5. The van der Waals surface area contributed by atoms with Gasteiger partial charge in [0.05, 0.1) is 6.61 Å². The molecule has 2 aliphatic rings. The summed E-state index contributed by atoms with van der Waals surface area (Å²) in [5, 5.41) is 3.57.